The summed E-state index contributed by atoms with van der Waals surface area (Å²) in [6, 6.07) is 18.0. The van der Waals surface area contributed by atoms with Crippen LogP contribution in [0.25, 0.3) is 32.1 Å². The molecule has 0 spiro atoms. The van der Waals surface area contributed by atoms with Crippen LogP contribution in [0.2, 0.25) is 0 Å². The Kier molecular flexibility index (Phi) is 5.84. The van der Waals surface area contributed by atoms with Gasteiger partial charge in [0, 0.05) is 40.2 Å². The predicted octanol–water partition coefficient (Wildman–Crippen LogP) is 6.39. The predicted molar refractivity (Wildman–Crippen MR) is 133 cm³/mol. The van der Waals surface area contributed by atoms with E-state index in [-0.39, 0.29) is 5.91 Å². The van der Waals surface area contributed by atoms with Crippen LogP contribution in [0.3, 0.4) is 0 Å². The molecule has 0 fully saturated rings. The standard InChI is InChI=1S/C27H24N2O3S/c1-17-10-12-18(13-11-17)23-21-16-29-24-20(8-3-9-22(24)31-2)25(21)33-26(23)27(30)28-14-4-6-19-7-5-15-32-19/h3,5,7-13,15-16H,4,6,14H2,1-2H3,(H,28,30). The monoisotopic (exact) mass is 456 g/mol. The third-order valence-corrected chi connectivity index (χ3v) is 6.98. The highest BCUT2D eigenvalue weighted by Gasteiger charge is 2.22. The lowest BCUT2D eigenvalue weighted by atomic mass is 10.0. The van der Waals surface area contributed by atoms with E-state index in [1.54, 1.807) is 13.4 Å². The van der Waals surface area contributed by atoms with Gasteiger partial charge in [-0.3, -0.25) is 9.78 Å². The van der Waals surface area contributed by atoms with Gasteiger partial charge in [0.15, 0.2) is 0 Å². The molecular formula is C27H24N2O3S. The van der Waals surface area contributed by atoms with Crippen LogP contribution in [-0.2, 0) is 6.42 Å². The number of hydrogen-bond acceptors (Lipinski definition) is 5. The summed E-state index contributed by atoms with van der Waals surface area (Å²) in [6.07, 6.45) is 5.14. The molecular weight excluding hydrogens is 432 g/mol. The van der Waals surface area contributed by atoms with Gasteiger partial charge in [0.25, 0.3) is 5.91 Å². The van der Waals surface area contributed by atoms with Crippen molar-refractivity contribution in [2.75, 3.05) is 13.7 Å². The minimum Gasteiger partial charge on any atom is -0.494 e. The van der Waals surface area contributed by atoms with Crippen LogP contribution in [-0.4, -0.2) is 24.5 Å². The zero-order valence-electron chi connectivity index (χ0n) is 18.6. The van der Waals surface area contributed by atoms with Crippen molar-refractivity contribution in [2.45, 2.75) is 19.8 Å². The summed E-state index contributed by atoms with van der Waals surface area (Å²) in [5.41, 5.74) is 3.91. The molecule has 3 aromatic heterocycles. The van der Waals surface area contributed by atoms with Crippen LogP contribution in [0.5, 0.6) is 5.75 Å². The third-order valence-electron chi connectivity index (χ3n) is 5.74. The van der Waals surface area contributed by atoms with Gasteiger partial charge in [-0.1, -0.05) is 42.0 Å². The lowest BCUT2D eigenvalue weighted by Gasteiger charge is -2.08. The Balaban J connectivity index is 1.55. The fraction of sp³-hybridized carbons (Fsp3) is 0.185. The first-order valence-electron chi connectivity index (χ1n) is 10.9. The molecule has 1 amide bonds. The van der Waals surface area contributed by atoms with E-state index >= 15 is 0 Å². The highest BCUT2D eigenvalue weighted by molar-refractivity contribution is 7.22. The summed E-state index contributed by atoms with van der Waals surface area (Å²) < 4.78 is 11.9. The van der Waals surface area contributed by atoms with E-state index in [4.69, 9.17) is 14.1 Å². The van der Waals surface area contributed by atoms with Gasteiger partial charge in [-0.2, -0.15) is 0 Å². The zero-order valence-corrected chi connectivity index (χ0v) is 19.4. The van der Waals surface area contributed by atoms with Gasteiger partial charge in [0.2, 0.25) is 0 Å². The molecule has 0 saturated heterocycles. The quantitative estimate of drug-likeness (QED) is 0.288. The number of ether oxygens (including phenoxy) is 1. The number of carbonyl (C=O) groups excluding carboxylic acids is 1. The smallest absolute Gasteiger partial charge is 0.262 e. The van der Waals surface area contributed by atoms with Gasteiger partial charge in [-0.25, -0.2) is 0 Å². The largest absolute Gasteiger partial charge is 0.494 e. The number of methoxy groups -OCH3 is 1. The fourth-order valence-corrected chi connectivity index (χ4v) is 5.30. The highest BCUT2D eigenvalue weighted by Crippen LogP contribution is 2.42. The summed E-state index contributed by atoms with van der Waals surface area (Å²) in [5.74, 6) is 1.59. The molecule has 0 atom stereocenters. The number of amides is 1. The van der Waals surface area contributed by atoms with Gasteiger partial charge in [0.1, 0.15) is 21.9 Å². The zero-order chi connectivity index (χ0) is 22.8. The number of nitrogens with zero attached hydrogens (tertiary/aromatic N) is 1. The maximum atomic E-state index is 13.3. The van der Waals surface area contributed by atoms with Crippen molar-refractivity contribution in [2.24, 2.45) is 0 Å². The summed E-state index contributed by atoms with van der Waals surface area (Å²) in [7, 11) is 1.65. The van der Waals surface area contributed by atoms with E-state index < -0.39 is 0 Å². The van der Waals surface area contributed by atoms with Gasteiger partial charge < -0.3 is 14.5 Å². The van der Waals surface area contributed by atoms with E-state index in [2.05, 4.69) is 36.5 Å². The minimum absolute atomic E-state index is 0.0673. The summed E-state index contributed by atoms with van der Waals surface area (Å²) in [4.78, 5) is 18.7. The maximum absolute atomic E-state index is 13.3. The van der Waals surface area contributed by atoms with Gasteiger partial charge in [-0.15, -0.1) is 11.3 Å². The molecule has 5 nitrogen and oxygen atoms in total. The van der Waals surface area contributed by atoms with Crippen LogP contribution in [0.1, 0.15) is 27.4 Å². The average molecular weight is 457 g/mol. The van der Waals surface area contributed by atoms with E-state index in [0.717, 1.165) is 56.5 Å². The van der Waals surface area contributed by atoms with E-state index in [0.29, 0.717) is 11.4 Å². The van der Waals surface area contributed by atoms with Crippen molar-refractivity contribution in [3.63, 3.8) is 0 Å². The molecule has 3 heterocycles. The second-order valence-corrected chi connectivity index (χ2v) is 8.99. The molecule has 0 aliphatic carbocycles. The van der Waals surface area contributed by atoms with Gasteiger partial charge in [-0.05, 0) is 37.1 Å². The maximum Gasteiger partial charge on any atom is 0.262 e. The van der Waals surface area contributed by atoms with Crippen molar-refractivity contribution in [3.05, 3.63) is 83.3 Å². The molecule has 166 valence electrons. The van der Waals surface area contributed by atoms with E-state index in [9.17, 15) is 4.79 Å². The number of para-hydroxylation sites is 1. The minimum atomic E-state index is -0.0673. The molecule has 0 aliphatic rings. The summed E-state index contributed by atoms with van der Waals surface area (Å²) >= 11 is 1.51. The Hall–Kier alpha value is -3.64. The lowest BCUT2D eigenvalue weighted by molar-refractivity contribution is 0.0957. The van der Waals surface area contributed by atoms with E-state index in [1.165, 1.54) is 16.9 Å². The molecule has 0 radical (unpaired) electrons. The fourth-order valence-electron chi connectivity index (χ4n) is 4.07. The molecule has 5 rings (SSSR count). The van der Waals surface area contributed by atoms with Gasteiger partial charge >= 0.3 is 0 Å². The van der Waals surface area contributed by atoms with Gasteiger partial charge in [0.05, 0.1) is 13.4 Å². The first-order valence-corrected chi connectivity index (χ1v) is 11.7. The first kappa shape index (κ1) is 21.2. The SMILES string of the molecule is COc1cccc2c1ncc1c(-c3ccc(C)cc3)c(C(=O)NCCCc3ccco3)sc12. The molecule has 5 aromatic rings. The molecule has 0 bridgehead atoms. The number of benzene rings is 2. The summed E-state index contributed by atoms with van der Waals surface area (Å²) in [6.45, 7) is 2.64. The van der Waals surface area contributed by atoms with Crippen molar-refractivity contribution >= 4 is 38.2 Å². The average Bonchev–Trinajstić information content (AvgIpc) is 3.50. The molecule has 0 aliphatic heterocycles. The number of furan rings is 1. The van der Waals surface area contributed by atoms with Crippen molar-refractivity contribution in [1.82, 2.24) is 10.3 Å². The van der Waals surface area contributed by atoms with Crippen LogP contribution in [0.4, 0.5) is 0 Å². The Morgan fingerprint density at radius 1 is 1.09 bits per heavy atom. The van der Waals surface area contributed by atoms with Crippen LogP contribution < -0.4 is 10.1 Å². The lowest BCUT2D eigenvalue weighted by Crippen LogP contribution is -2.24. The summed E-state index contributed by atoms with van der Waals surface area (Å²) in [5, 5.41) is 5.06. The molecule has 1 N–H and O–H groups in total. The number of hydrogen-bond donors (Lipinski definition) is 1. The number of nitrogens with one attached hydrogen (secondary N) is 1. The van der Waals surface area contributed by atoms with E-state index in [1.807, 2.05) is 36.5 Å². The Bertz CT molecular complexity index is 1420. The number of rotatable bonds is 7. The third kappa shape index (κ3) is 4.10. The highest BCUT2D eigenvalue weighted by atomic mass is 32.1. The molecule has 0 saturated carbocycles. The number of aryl methyl sites for hydroxylation is 2. The Morgan fingerprint density at radius 2 is 1.94 bits per heavy atom. The topological polar surface area (TPSA) is 64.4 Å². The van der Waals surface area contributed by atoms with Crippen molar-refractivity contribution in [1.29, 1.82) is 0 Å². The number of fused-ring (bicyclic) bond motifs is 3. The second-order valence-electron chi connectivity index (χ2n) is 7.97. The van der Waals surface area contributed by atoms with Crippen molar-refractivity contribution < 1.29 is 13.9 Å². The Labute approximate surface area is 196 Å². The molecule has 6 heteroatoms. The van der Waals surface area contributed by atoms with Crippen LogP contribution in [0, 0.1) is 6.92 Å². The molecule has 2 aromatic carbocycles. The number of pyridine rings is 1. The molecule has 0 unspecified atom stereocenters. The number of carbonyl (C=O) groups is 1. The first-order chi connectivity index (χ1) is 16.2. The van der Waals surface area contributed by atoms with Crippen LogP contribution >= 0.6 is 11.3 Å². The number of aromatic nitrogens is 1. The van der Waals surface area contributed by atoms with Crippen molar-refractivity contribution in [3.8, 4) is 16.9 Å². The molecule has 33 heavy (non-hydrogen) atoms. The number of thiophene rings is 1. The Morgan fingerprint density at radius 3 is 2.70 bits per heavy atom. The second kappa shape index (κ2) is 9.08. The normalized spacial score (nSPS) is 11.2. The van der Waals surface area contributed by atoms with Crippen LogP contribution in [0.15, 0.2) is 71.5 Å².